The Balaban J connectivity index is 0.000000804. The minimum atomic E-state index is -5.08. The molecule has 1 aliphatic heterocycles. The largest absolute Gasteiger partial charge is 0.490 e. The average Bonchev–Trinajstić information content (AvgIpc) is 3.78. The van der Waals surface area contributed by atoms with Gasteiger partial charge in [0.15, 0.2) is 5.78 Å². The van der Waals surface area contributed by atoms with E-state index < -0.39 is 36.1 Å². The smallest absolute Gasteiger partial charge is 0.475 e. The van der Waals surface area contributed by atoms with Gasteiger partial charge in [0, 0.05) is 31.7 Å². The molecule has 260 valence electrons. The molecule has 1 fully saturated rings. The number of imidazole rings is 1. The monoisotopic (exact) mass is 676 g/mol. The Bertz CT molecular complexity index is 1540. The summed E-state index contributed by atoms with van der Waals surface area (Å²) in [6.45, 7) is 2.57. The minimum Gasteiger partial charge on any atom is -0.475 e. The zero-order valence-corrected chi connectivity index (χ0v) is 26.5. The number of H-pyrrole nitrogens is 1. The van der Waals surface area contributed by atoms with Crippen molar-refractivity contribution in [1.82, 2.24) is 30.8 Å². The molecular weight excluding hydrogens is 637 g/mol. The molecule has 13 nitrogen and oxygen atoms in total. The summed E-state index contributed by atoms with van der Waals surface area (Å²) in [5, 5.41) is 18.0. The van der Waals surface area contributed by atoms with Crippen LogP contribution in [0.25, 0.3) is 10.8 Å². The van der Waals surface area contributed by atoms with Crippen molar-refractivity contribution in [2.24, 2.45) is 0 Å². The van der Waals surface area contributed by atoms with E-state index in [9.17, 15) is 32.3 Å². The molecule has 2 amide bonds. The maximum absolute atomic E-state index is 13.9. The Morgan fingerprint density at radius 1 is 1.10 bits per heavy atom. The first kappa shape index (κ1) is 37.6. The van der Waals surface area contributed by atoms with Crippen molar-refractivity contribution in [2.75, 3.05) is 26.7 Å². The van der Waals surface area contributed by atoms with Gasteiger partial charge in [0.05, 0.1) is 38.1 Å². The Kier molecular flexibility index (Phi) is 14.0. The lowest BCUT2D eigenvalue weighted by molar-refractivity contribution is -0.192. The predicted octanol–water partition coefficient (Wildman–Crippen LogP) is 2.11. The fraction of sp³-hybridized carbons (Fsp3) is 0.438. The van der Waals surface area contributed by atoms with Crippen LogP contribution in [0.1, 0.15) is 37.4 Å². The van der Waals surface area contributed by atoms with Crippen LogP contribution in [0.15, 0.2) is 55.0 Å². The fourth-order valence-corrected chi connectivity index (χ4v) is 5.34. The number of benzene rings is 2. The van der Waals surface area contributed by atoms with Gasteiger partial charge >= 0.3 is 18.1 Å². The van der Waals surface area contributed by atoms with Crippen molar-refractivity contribution in [2.45, 2.75) is 63.5 Å². The van der Waals surface area contributed by atoms with Crippen LogP contribution in [0.2, 0.25) is 0 Å². The van der Waals surface area contributed by atoms with Crippen LogP contribution in [0.3, 0.4) is 0 Å². The number of hydrogen-bond acceptors (Lipinski definition) is 9. The van der Waals surface area contributed by atoms with Crippen molar-refractivity contribution in [3.63, 3.8) is 0 Å². The summed E-state index contributed by atoms with van der Waals surface area (Å²) in [7, 11) is 1.23. The SMILES string of the molecule is CCC(=O)NC[C@H](NC(=O)CN(Cc1cccc2ccccc12)C(C(=O)Cc1c[nH]cn1)[C@@H]1CCCN1)C(=O)OC.O=C(O)C(F)(F)F. The van der Waals surface area contributed by atoms with E-state index in [4.69, 9.17) is 14.6 Å². The summed E-state index contributed by atoms with van der Waals surface area (Å²) in [4.78, 5) is 69.5. The molecule has 1 aromatic heterocycles. The summed E-state index contributed by atoms with van der Waals surface area (Å²) in [5.41, 5.74) is 1.61. The summed E-state index contributed by atoms with van der Waals surface area (Å²) >= 11 is 0. The van der Waals surface area contributed by atoms with Crippen molar-refractivity contribution in [3.05, 3.63) is 66.2 Å². The molecule has 1 aliphatic rings. The summed E-state index contributed by atoms with van der Waals surface area (Å²) in [6.07, 6.45) is 0.231. The molecule has 0 bridgehead atoms. The number of carboxylic acid groups (broad SMARTS) is 1. The quantitative estimate of drug-likeness (QED) is 0.159. The highest BCUT2D eigenvalue weighted by molar-refractivity contribution is 5.90. The van der Waals surface area contributed by atoms with Gasteiger partial charge in [-0.3, -0.25) is 19.3 Å². The lowest BCUT2D eigenvalue weighted by Crippen LogP contribution is -2.57. The summed E-state index contributed by atoms with van der Waals surface area (Å²) in [5.74, 6) is -4.18. The van der Waals surface area contributed by atoms with Crippen molar-refractivity contribution in [3.8, 4) is 0 Å². The number of aromatic amines is 1. The third-order valence-corrected chi connectivity index (χ3v) is 7.60. The van der Waals surface area contributed by atoms with E-state index in [-0.39, 0.29) is 43.7 Å². The Morgan fingerprint density at radius 2 is 1.81 bits per heavy atom. The van der Waals surface area contributed by atoms with E-state index in [1.807, 2.05) is 47.4 Å². The molecular formula is C32H39F3N6O7. The number of rotatable bonds is 14. The maximum atomic E-state index is 13.9. The molecule has 48 heavy (non-hydrogen) atoms. The topological polar surface area (TPSA) is 183 Å². The summed E-state index contributed by atoms with van der Waals surface area (Å²) in [6, 6.07) is 12.2. The number of carbonyl (C=O) groups excluding carboxylic acids is 4. The number of ketones is 1. The fourth-order valence-electron chi connectivity index (χ4n) is 5.34. The van der Waals surface area contributed by atoms with Crippen LogP contribution in [0, 0.1) is 0 Å². The van der Waals surface area contributed by atoms with Gasteiger partial charge in [-0.25, -0.2) is 14.6 Å². The highest BCUT2D eigenvalue weighted by atomic mass is 19.4. The van der Waals surface area contributed by atoms with Crippen LogP contribution in [0.4, 0.5) is 13.2 Å². The number of amides is 2. The lowest BCUT2D eigenvalue weighted by atomic mass is 9.95. The third-order valence-electron chi connectivity index (χ3n) is 7.60. The maximum Gasteiger partial charge on any atom is 0.490 e. The number of Topliss-reactive ketones (excluding diaryl/α,β-unsaturated/α-hetero) is 1. The molecule has 0 aliphatic carbocycles. The predicted molar refractivity (Wildman–Crippen MR) is 167 cm³/mol. The number of nitrogens with one attached hydrogen (secondary N) is 4. The third kappa shape index (κ3) is 11.2. The van der Waals surface area contributed by atoms with Gasteiger partial charge < -0.3 is 30.8 Å². The molecule has 0 radical (unpaired) electrons. The number of carbonyl (C=O) groups is 5. The Morgan fingerprint density at radius 3 is 2.42 bits per heavy atom. The molecule has 4 rings (SSSR count). The zero-order valence-electron chi connectivity index (χ0n) is 26.5. The van der Waals surface area contributed by atoms with Gasteiger partial charge in [0.25, 0.3) is 0 Å². The number of alkyl halides is 3. The normalized spacial score (nSPS) is 15.6. The van der Waals surface area contributed by atoms with Gasteiger partial charge in [0.1, 0.15) is 6.04 Å². The van der Waals surface area contributed by atoms with E-state index in [2.05, 4.69) is 25.9 Å². The second-order valence-electron chi connectivity index (χ2n) is 11.0. The van der Waals surface area contributed by atoms with Gasteiger partial charge in [0.2, 0.25) is 11.8 Å². The molecule has 2 aromatic carbocycles. The van der Waals surface area contributed by atoms with Gasteiger partial charge in [-0.05, 0) is 35.7 Å². The van der Waals surface area contributed by atoms with Crippen LogP contribution >= 0.6 is 0 Å². The number of methoxy groups -OCH3 is 1. The molecule has 2 heterocycles. The van der Waals surface area contributed by atoms with Gasteiger partial charge in [-0.1, -0.05) is 49.4 Å². The van der Waals surface area contributed by atoms with Crippen LogP contribution in [-0.4, -0.2) is 101 Å². The first-order valence-corrected chi connectivity index (χ1v) is 15.2. The average molecular weight is 677 g/mol. The van der Waals surface area contributed by atoms with Crippen LogP contribution < -0.4 is 16.0 Å². The number of esters is 1. The number of ether oxygens (including phenoxy) is 1. The zero-order chi connectivity index (χ0) is 35.3. The molecule has 16 heteroatoms. The van der Waals surface area contributed by atoms with Crippen LogP contribution in [-0.2, 0) is 41.7 Å². The lowest BCUT2D eigenvalue weighted by Gasteiger charge is -2.35. The molecule has 0 saturated carbocycles. The van der Waals surface area contributed by atoms with E-state index in [0.29, 0.717) is 12.2 Å². The highest BCUT2D eigenvalue weighted by Gasteiger charge is 2.38. The van der Waals surface area contributed by atoms with Crippen molar-refractivity contribution >= 4 is 40.3 Å². The standard InChI is InChI=1S/C30H38N6O5.C2HF3O2/c1-3-27(38)33-16-25(30(40)41-2)35-28(39)18-36(17-21-10-6-9-20-8-4-5-11-23(20)21)29(24-12-7-13-32-24)26(37)14-22-15-31-19-34-22;3-2(4,5)1(6)7/h4-6,8-11,15,19,24-25,29,32H,3,7,12-14,16-18H2,1-2H3,(H,31,34)(H,33,38)(H,35,39);(H,6,7)/t24-,25-,29?;/m0./s1. The van der Waals surface area contributed by atoms with Crippen molar-refractivity contribution < 1.29 is 47.0 Å². The van der Waals surface area contributed by atoms with E-state index in [0.717, 1.165) is 35.7 Å². The first-order chi connectivity index (χ1) is 22.8. The van der Waals surface area contributed by atoms with E-state index in [1.54, 1.807) is 13.1 Å². The molecule has 1 saturated heterocycles. The Hall–Kier alpha value is -4.83. The van der Waals surface area contributed by atoms with Crippen LogP contribution in [0.5, 0.6) is 0 Å². The molecule has 0 spiro atoms. The van der Waals surface area contributed by atoms with Gasteiger partial charge in [-0.2, -0.15) is 13.2 Å². The molecule has 3 aromatic rings. The minimum absolute atomic E-state index is 0.0516. The second kappa shape index (κ2) is 17.9. The highest BCUT2D eigenvalue weighted by Crippen LogP contribution is 2.24. The van der Waals surface area contributed by atoms with E-state index in [1.165, 1.54) is 13.4 Å². The number of halogens is 3. The van der Waals surface area contributed by atoms with Gasteiger partial charge in [-0.15, -0.1) is 0 Å². The molecule has 5 N–H and O–H groups in total. The number of hydrogen-bond donors (Lipinski definition) is 5. The number of aromatic nitrogens is 2. The Labute approximate surface area is 274 Å². The number of fused-ring (bicyclic) bond motifs is 1. The number of carboxylic acids is 1. The molecule has 3 atom stereocenters. The number of aliphatic carboxylic acids is 1. The first-order valence-electron chi connectivity index (χ1n) is 15.2. The second-order valence-corrected chi connectivity index (χ2v) is 11.0. The molecule has 1 unspecified atom stereocenters. The van der Waals surface area contributed by atoms with Crippen molar-refractivity contribution in [1.29, 1.82) is 0 Å². The summed E-state index contributed by atoms with van der Waals surface area (Å²) < 4.78 is 36.6. The van der Waals surface area contributed by atoms with E-state index >= 15 is 0 Å². The number of nitrogens with zero attached hydrogens (tertiary/aromatic N) is 2.